The normalized spacial score (nSPS) is 14.1. The second-order valence-electron chi connectivity index (χ2n) is 4.35. The van der Waals surface area contributed by atoms with Crippen molar-refractivity contribution in [1.82, 2.24) is 5.32 Å². The number of hydrogen-bond acceptors (Lipinski definition) is 4. The van der Waals surface area contributed by atoms with Crippen molar-refractivity contribution < 1.29 is 14.3 Å². The van der Waals surface area contributed by atoms with Gasteiger partial charge in [0.2, 0.25) is 0 Å². The molecule has 4 heteroatoms. The van der Waals surface area contributed by atoms with Crippen molar-refractivity contribution in [1.29, 1.82) is 0 Å². The maximum atomic E-state index is 12.0. The molecule has 4 nitrogen and oxygen atoms in total. The summed E-state index contributed by atoms with van der Waals surface area (Å²) in [4.78, 5) is 12.0. The van der Waals surface area contributed by atoms with E-state index in [1.54, 1.807) is 7.11 Å². The lowest BCUT2D eigenvalue weighted by Gasteiger charge is -2.19. The lowest BCUT2D eigenvalue weighted by Crippen LogP contribution is -2.25. The van der Waals surface area contributed by atoms with Gasteiger partial charge in [0.25, 0.3) is 0 Å². The second kappa shape index (κ2) is 6.52. The first-order valence-electron chi connectivity index (χ1n) is 6.30. The monoisotopic (exact) mass is 249 g/mol. The van der Waals surface area contributed by atoms with E-state index >= 15 is 0 Å². The first-order valence-corrected chi connectivity index (χ1v) is 6.30. The zero-order chi connectivity index (χ0) is 12.8. The third-order valence-electron chi connectivity index (χ3n) is 3.09. The third-order valence-corrected chi connectivity index (χ3v) is 3.09. The summed E-state index contributed by atoms with van der Waals surface area (Å²) in [7, 11) is 1.64. The molecule has 0 saturated heterocycles. The smallest absolute Gasteiger partial charge is 0.338 e. The number of carbonyl (C=O) groups excluding carboxylic acids is 1. The first kappa shape index (κ1) is 13.1. The van der Waals surface area contributed by atoms with Crippen LogP contribution < -0.4 is 5.32 Å². The van der Waals surface area contributed by atoms with Gasteiger partial charge in [0.1, 0.15) is 0 Å². The zero-order valence-electron chi connectivity index (χ0n) is 10.7. The van der Waals surface area contributed by atoms with Gasteiger partial charge in [0, 0.05) is 26.7 Å². The molecule has 1 aliphatic rings. The van der Waals surface area contributed by atoms with Crippen LogP contribution in [0, 0.1) is 0 Å². The van der Waals surface area contributed by atoms with Crippen molar-refractivity contribution in [2.24, 2.45) is 0 Å². The van der Waals surface area contributed by atoms with Gasteiger partial charge in [-0.25, -0.2) is 4.79 Å². The van der Waals surface area contributed by atoms with Crippen molar-refractivity contribution in [3.63, 3.8) is 0 Å². The fourth-order valence-corrected chi connectivity index (χ4v) is 2.17. The maximum absolute atomic E-state index is 12.0. The molecule has 1 heterocycles. The van der Waals surface area contributed by atoms with Crippen LogP contribution in [0.3, 0.4) is 0 Å². The van der Waals surface area contributed by atoms with Gasteiger partial charge < -0.3 is 14.8 Å². The Labute approximate surface area is 107 Å². The molecular formula is C14H19NO3. The molecule has 0 aliphatic carbocycles. The molecule has 0 atom stereocenters. The zero-order valence-corrected chi connectivity index (χ0v) is 10.7. The van der Waals surface area contributed by atoms with Gasteiger partial charge in [-0.2, -0.15) is 0 Å². The quantitative estimate of drug-likeness (QED) is 0.635. The van der Waals surface area contributed by atoms with Crippen LogP contribution in [-0.4, -0.2) is 32.8 Å². The third kappa shape index (κ3) is 3.09. The van der Waals surface area contributed by atoms with E-state index in [4.69, 9.17) is 9.47 Å². The lowest BCUT2D eigenvalue weighted by molar-refractivity contribution is 0.0467. The number of rotatable bonds is 5. The molecule has 0 spiro atoms. The van der Waals surface area contributed by atoms with Crippen LogP contribution in [0.4, 0.5) is 0 Å². The Kier molecular flexibility index (Phi) is 4.73. The van der Waals surface area contributed by atoms with Gasteiger partial charge in [-0.15, -0.1) is 0 Å². The summed E-state index contributed by atoms with van der Waals surface area (Å²) in [5.74, 6) is -0.218. The largest absolute Gasteiger partial charge is 0.462 e. The van der Waals surface area contributed by atoms with Crippen LogP contribution >= 0.6 is 0 Å². The van der Waals surface area contributed by atoms with Gasteiger partial charge in [-0.3, -0.25) is 0 Å². The predicted molar refractivity (Wildman–Crippen MR) is 68.6 cm³/mol. The van der Waals surface area contributed by atoms with Crippen LogP contribution in [0.5, 0.6) is 0 Å². The highest BCUT2D eigenvalue weighted by Crippen LogP contribution is 2.19. The summed E-state index contributed by atoms with van der Waals surface area (Å²) in [5, 5.41) is 3.30. The fourth-order valence-electron chi connectivity index (χ4n) is 2.17. The highest BCUT2D eigenvalue weighted by molar-refractivity contribution is 5.91. The van der Waals surface area contributed by atoms with E-state index in [2.05, 4.69) is 11.4 Å². The number of carbonyl (C=O) groups is 1. The summed E-state index contributed by atoms with van der Waals surface area (Å²) in [6.07, 6.45) is 1.62. The van der Waals surface area contributed by atoms with E-state index < -0.39 is 0 Å². The molecule has 18 heavy (non-hydrogen) atoms. The first-order chi connectivity index (χ1) is 8.83. The molecule has 0 fully saturated rings. The second-order valence-corrected chi connectivity index (χ2v) is 4.35. The predicted octanol–water partition coefficient (Wildman–Crippen LogP) is 1.53. The number of ether oxygens (including phenoxy) is 2. The topological polar surface area (TPSA) is 47.6 Å². The minimum Gasteiger partial charge on any atom is -0.462 e. The SMILES string of the molecule is COCCCOC(=O)c1cccc2c1CCNC2. The van der Waals surface area contributed by atoms with Gasteiger partial charge in [-0.1, -0.05) is 12.1 Å². The number of methoxy groups -OCH3 is 1. The van der Waals surface area contributed by atoms with Crippen LogP contribution in [0.2, 0.25) is 0 Å². The molecule has 0 bridgehead atoms. The Morgan fingerprint density at radius 2 is 2.28 bits per heavy atom. The molecule has 0 saturated carbocycles. The summed E-state index contributed by atoms with van der Waals surface area (Å²) in [5.41, 5.74) is 3.05. The van der Waals surface area contributed by atoms with Crippen LogP contribution in [0.25, 0.3) is 0 Å². The molecule has 0 aromatic heterocycles. The Balaban J connectivity index is 2.01. The molecular weight excluding hydrogens is 230 g/mol. The number of benzene rings is 1. The van der Waals surface area contributed by atoms with E-state index in [9.17, 15) is 4.79 Å². The molecule has 1 aromatic rings. The van der Waals surface area contributed by atoms with E-state index in [1.807, 2.05) is 12.1 Å². The number of fused-ring (bicyclic) bond motifs is 1. The van der Waals surface area contributed by atoms with Crippen molar-refractivity contribution in [3.05, 3.63) is 34.9 Å². The number of esters is 1. The highest BCUT2D eigenvalue weighted by atomic mass is 16.5. The van der Waals surface area contributed by atoms with Gasteiger partial charge >= 0.3 is 5.97 Å². The molecule has 0 amide bonds. The Hall–Kier alpha value is -1.39. The fraction of sp³-hybridized carbons (Fsp3) is 0.500. The molecule has 1 aliphatic heterocycles. The van der Waals surface area contributed by atoms with Crippen molar-refractivity contribution in [3.8, 4) is 0 Å². The van der Waals surface area contributed by atoms with Crippen LogP contribution in [0.15, 0.2) is 18.2 Å². The van der Waals surface area contributed by atoms with Gasteiger partial charge in [-0.05, 0) is 30.2 Å². The number of nitrogens with one attached hydrogen (secondary N) is 1. The molecule has 0 unspecified atom stereocenters. The van der Waals surface area contributed by atoms with E-state index in [0.717, 1.165) is 31.5 Å². The number of hydrogen-bond donors (Lipinski definition) is 1. The molecule has 1 aromatic carbocycles. The molecule has 1 N–H and O–H groups in total. The van der Waals surface area contributed by atoms with E-state index in [-0.39, 0.29) is 5.97 Å². The Morgan fingerprint density at radius 1 is 1.39 bits per heavy atom. The van der Waals surface area contributed by atoms with Crippen molar-refractivity contribution in [2.45, 2.75) is 19.4 Å². The Morgan fingerprint density at radius 3 is 3.11 bits per heavy atom. The summed E-state index contributed by atoms with van der Waals surface area (Å²) in [6.45, 7) is 2.78. The standard InChI is InChI=1S/C14H19NO3/c1-17-8-3-9-18-14(16)13-5-2-4-11-10-15-7-6-12(11)13/h2,4-5,15H,3,6-10H2,1H3. The van der Waals surface area contributed by atoms with Gasteiger partial charge in [0.15, 0.2) is 0 Å². The minimum absolute atomic E-state index is 0.218. The minimum atomic E-state index is -0.218. The van der Waals surface area contributed by atoms with Gasteiger partial charge in [0.05, 0.1) is 12.2 Å². The molecule has 98 valence electrons. The highest BCUT2D eigenvalue weighted by Gasteiger charge is 2.17. The van der Waals surface area contributed by atoms with Crippen molar-refractivity contribution >= 4 is 5.97 Å². The maximum Gasteiger partial charge on any atom is 0.338 e. The van der Waals surface area contributed by atoms with E-state index in [0.29, 0.717) is 18.8 Å². The van der Waals surface area contributed by atoms with Crippen LogP contribution in [0.1, 0.15) is 27.9 Å². The van der Waals surface area contributed by atoms with Crippen molar-refractivity contribution in [2.75, 3.05) is 26.9 Å². The average molecular weight is 249 g/mol. The summed E-state index contributed by atoms with van der Waals surface area (Å²) < 4.78 is 10.2. The average Bonchev–Trinajstić information content (AvgIpc) is 2.43. The summed E-state index contributed by atoms with van der Waals surface area (Å²) in [6, 6.07) is 5.82. The molecule has 2 rings (SSSR count). The molecule has 0 radical (unpaired) electrons. The summed E-state index contributed by atoms with van der Waals surface area (Å²) >= 11 is 0. The van der Waals surface area contributed by atoms with Crippen LogP contribution in [-0.2, 0) is 22.4 Å². The van der Waals surface area contributed by atoms with E-state index in [1.165, 1.54) is 5.56 Å². The Bertz CT molecular complexity index is 418. The lowest BCUT2D eigenvalue weighted by atomic mass is 9.95.